The van der Waals surface area contributed by atoms with Crippen molar-refractivity contribution in [2.45, 2.75) is 20.4 Å². The predicted molar refractivity (Wildman–Crippen MR) is 82.8 cm³/mol. The van der Waals surface area contributed by atoms with Crippen molar-refractivity contribution < 1.29 is 0 Å². The molecule has 0 N–H and O–H groups in total. The third-order valence-corrected chi connectivity index (χ3v) is 3.96. The molecule has 21 heavy (non-hydrogen) atoms. The third kappa shape index (κ3) is 2.92. The van der Waals surface area contributed by atoms with E-state index in [-0.39, 0.29) is 0 Å². The molecule has 0 unspecified atom stereocenters. The second kappa shape index (κ2) is 5.61. The second-order valence-electron chi connectivity index (χ2n) is 4.94. The van der Waals surface area contributed by atoms with Crippen molar-refractivity contribution in [1.29, 1.82) is 0 Å². The molecule has 0 amide bonds. The molecular weight excluding hydrogens is 284 g/mol. The summed E-state index contributed by atoms with van der Waals surface area (Å²) in [5, 5.41) is 15.1. The summed E-state index contributed by atoms with van der Waals surface area (Å²) in [5.41, 5.74) is 3.18. The first-order chi connectivity index (χ1) is 10.1. The van der Waals surface area contributed by atoms with Crippen molar-refractivity contribution in [2.24, 2.45) is 0 Å². The molecule has 6 nitrogen and oxygen atoms in total. The lowest BCUT2D eigenvalue weighted by Crippen LogP contribution is -2.21. The first-order valence-electron chi connectivity index (χ1n) is 6.61. The zero-order valence-electron chi connectivity index (χ0n) is 12.2. The molecule has 3 aromatic rings. The number of tetrazole rings is 1. The number of aryl methyl sites for hydroxylation is 2. The van der Waals surface area contributed by atoms with Crippen molar-refractivity contribution >= 4 is 17.3 Å². The number of benzene rings is 1. The number of nitrogens with zero attached hydrogens (tertiary/aromatic N) is 6. The molecule has 0 bridgehead atoms. The van der Waals surface area contributed by atoms with Gasteiger partial charge in [0, 0.05) is 12.4 Å². The Morgan fingerprint density at radius 2 is 1.95 bits per heavy atom. The molecule has 108 valence electrons. The van der Waals surface area contributed by atoms with Crippen LogP contribution in [0.2, 0.25) is 0 Å². The van der Waals surface area contributed by atoms with Gasteiger partial charge in [0.2, 0.25) is 5.95 Å². The van der Waals surface area contributed by atoms with Gasteiger partial charge in [-0.2, -0.15) is 4.68 Å². The minimum absolute atomic E-state index is 0.677. The molecule has 0 atom stereocenters. The number of rotatable bonds is 4. The highest BCUT2D eigenvalue weighted by molar-refractivity contribution is 7.09. The van der Waals surface area contributed by atoms with Crippen molar-refractivity contribution in [2.75, 3.05) is 11.9 Å². The van der Waals surface area contributed by atoms with Crippen LogP contribution < -0.4 is 4.90 Å². The van der Waals surface area contributed by atoms with Gasteiger partial charge in [-0.1, -0.05) is 22.8 Å². The first kappa shape index (κ1) is 13.7. The van der Waals surface area contributed by atoms with Gasteiger partial charge in [0.25, 0.3) is 0 Å². The molecule has 7 heteroatoms. The van der Waals surface area contributed by atoms with Gasteiger partial charge in [0.05, 0.1) is 22.9 Å². The van der Waals surface area contributed by atoms with Gasteiger partial charge in [-0.3, -0.25) is 0 Å². The van der Waals surface area contributed by atoms with Gasteiger partial charge >= 0.3 is 0 Å². The molecular formula is C14H16N6S. The fourth-order valence-electron chi connectivity index (χ4n) is 2.07. The van der Waals surface area contributed by atoms with E-state index >= 15 is 0 Å². The molecule has 1 aromatic carbocycles. The Balaban J connectivity index is 1.86. The molecule has 0 spiro atoms. The summed E-state index contributed by atoms with van der Waals surface area (Å²) in [6.45, 7) is 4.74. The van der Waals surface area contributed by atoms with Crippen LogP contribution in [0.4, 0.5) is 5.95 Å². The Bertz CT molecular complexity index is 730. The van der Waals surface area contributed by atoms with E-state index in [9.17, 15) is 0 Å². The van der Waals surface area contributed by atoms with Gasteiger partial charge < -0.3 is 4.90 Å². The molecule has 0 aliphatic heterocycles. The smallest absolute Gasteiger partial charge is 0.250 e. The highest BCUT2D eigenvalue weighted by Gasteiger charge is 2.14. The molecule has 0 radical (unpaired) electrons. The maximum atomic E-state index is 4.47. The minimum atomic E-state index is 0.677. The fourth-order valence-corrected chi connectivity index (χ4v) is 2.67. The summed E-state index contributed by atoms with van der Waals surface area (Å²) in [4.78, 5) is 6.47. The Morgan fingerprint density at radius 1 is 1.19 bits per heavy atom. The number of thiazole rings is 1. The lowest BCUT2D eigenvalue weighted by Gasteiger charge is -2.16. The van der Waals surface area contributed by atoms with Crippen LogP contribution in [0.15, 0.2) is 29.6 Å². The summed E-state index contributed by atoms with van der Waals surface area (Å²) < 4.78 is 1.73. The SMILES string of the molecule is Cc1ccc(-n2nnnc2N(C)Cc2csc(C)n2)cc1. The van der Waals surface area contributed by atoms with Crippen LogP contribution in [0.1, 0.15) is 16.3 Å². The Morgan fingerprint density at radius 3 is 2.62 bits per heavy atom. The summed E-state index contributed by atoms with van der Waals surface area (Å²) in [6, 6.07) is 8.11. The summed E-state index contributed by atoms with van der Waals surface area (Å²) >= 11 is 1.65. The topological polar surface area (TPSA) is 59.7 Å². The normalized spacial score (nSPS) is 10.8. The van der Waals surface area contributed by atoms with Crippen LogP contribution in [0.3, 0.4) is 0 Å². The van der Waals surface area contributed by atoms with Crippen LogP contribution in [0.25, 0.3) is 5.69 Å². The molecule has 3 rings (SSSR count). The van der Waals surface area contributed by atoms with Gasteiger partial charge in [0.1, 0.15) is 0 Å². The van der Waals surface area contributed by atoms with E-state index in [1.807, 2.05) is 43.1 Å². The van der Waals surface area contributed by atoms with Crippen LogP contribution >= 0.6 is 11.3 Å². The Hall–Kier alpha value is -2.28. The molecule has 0 aliphatic rings. The van der Waals surface area contributed by atoms with Crippen molar-refractivity contribution in [3.05, 3.63) is 45.9 Å². The lowest BCUT2D eigenvalue weighted by molar-refractivity contribution is 0.768. The molecule has 2 heterocycles. The van der Waals surface area contributed by atoms with Gasteiger partial charge in [-0.15, -0.1) is 11.3 Å². The Kier molecular flexibility index (Phi) is 3.66. The van der Waals surface area contributed by atoms with Crippen LogP contribution in [0, 0.1) is 13.8 Å². The van der Waals surface area contributed by atoms with E-state index in [1.54, 1.807) is 16.0 Å². The molecule has 0 fully saturated rings. The summed E-state index contributed by atoms with van der Waals surface area (Å²) in [5.74, 6) is 0.699. The van der Waals surface area contributed by atoms with E-state index in [4.69, 9.17) is 0 Å². The van der Waals surface area contributed by atoms with E-state index in [2.05, 4.69) is 32.8 Å². The third-order valence-electron chi connectivity index (χ3n) is 3.14. The highest BCUT2D eigenvalue weighted by Crippen LogP contribution is 2.17. The molecule has 0 saturated carbocycles. The van der Waals surface area contributed by atoms with Crippen LogP contribution in [0.5, 0.6) is 0 Å². The van der Waals surface area contributed by atoms with Crippen molar-refractivity contribution in [3.63, 3.8) is 0 Å². The second-order valence-corrected chi connectivity index (χ2v) is 6.00. The fraction of sp³-hybridized carbons (Fsp3) is 0.286. The van der Waals surface area contributed by atoms with Gasteiger partial charge in [-0.05, 0) is 36.4 Å². The van der Waals surface area contributed by atoms with Gasteiger partial charge in [-0.25, -0.2) is 4.98 Å². The largest absolute Gasteiger partial charge is 0.336 e. The zero-order valence-corrected chi connectivity index (χ0v) is 13.0. The zero-order chi connectivity index (χ0) is 14.8. The van der Waals surface area contributed by atoms with E-state index < -0.39 is 0 Å². The monoisotopic (exact) mass is 300 g/mol. The van der Waals surface area contributed by atoms with Crippen LogP contribution in [-0.4, -0.2) is 32.2 Å². The maximum Gasteiger partial charge on any atom is 0.250 e. The summed E-state index contributed by atoms with van der Waals surface area (Å²) in [7, 11) is 1.96. The van der Waals surface area contributed by atoms with Crippen molar-refractivity contribution in [3.8, 4) is 5.69 Å². The highest BCUT2D eigenvalue weighted by atomic mass is 32.1. The number of aromatic nitrogens is 5. The average Bonchev–Trinajstić information content (AvgIpc) is 3.09. The van der Waals surface area contributed by atoms with Crippen molar-refractivity contribution in [1.82, 2.24) is 25.2 Å². The standard InChI is InChI=1S/C14H16N6S/c1-10-4-6-13(7-5-10)20-14(16-17-18-20)19(3)8-12-9-21-11(2)15-12/h4-7,9H,8H2,1-3H3. The quantitative estimate of drug-likeness (QED) is 0.740. The van der Waals surface area contributed by atoms with E-state index in [0.717, 1.165) is 16.4 Å². The average molecular weight is 300 g/mol. The minimum Gasteiger partial charge on any atom is -0.336 e. The Labute approximate surface area is 127 Å². The molecule has 2 aromatic heterocycles. The number of hydrogen-bond donors (Lipinski definition) is 0. The predicted octanol–water partition coefficient (Wildman–Crippen LogP) is 2.37. The lowest BCUT2D eigenvalue weighted by atomic mass is 10.2. The van der Waals surface area contributed by atoms with Crippen LogP contribution in [-0.2, 0) is 6.54 Å². The number of anilines is 1. The first-order valence-corrected chi connectivity index (χ1v) is 7.49. The number of hydrogen-bond acceptors (Lipinski definition) is 6. The van der Waals surface area contributed by atoms with E-state index in [1.165, 1.54) is 5.56 Å². The van der Waals surface area contributed by atoms with E-state index in [0.29, 0.717) is 12.5 Å². The summed E-state index contributed by atoms with van der Waals surface area (Å²) in [6.07, 6.45) is 0. The molecule has 0 aliphatic carbocycles. The van der Waals surface area contributed by atoms with Gasteiger partial charge in [0.15, 0.2) is 0 Å². The molecule has 0 saturated heterocycles. The maximum absolute atomic E-state index is 4.47.